The minimum Gasteiger partial charge on any atom is -0.449 e. The molecule has 3 aromatic rings. The van der Waals surface area contributed by atoms with Crippen molar-refractivity contribution in [1.29, 1.82) is 0 Å². The number of nitrogens with one attached hydrogen (secondary N) is 1. The van der Waals surface area contributed by atoms with Crippen LogP contribution in [0.15, 0.2) is 84.9 Å². The predicted octanol–water partition coefficient (Wildman–Crippen LogP) is 6.61. The molecule has 40 heavy (non-hydrogen) atoms. The normalized spacial score (nSPS) is 17.7. The van der Waals surface area contributed by atoms with Gasteiger partial charge >= 0.3 is 6.09 Å². The van der Waals surface area contributed by atoms with Gasteiger partial charge in [0.15, 0.2) is 0 Å². The van der Waals surface area contributed by atoms with Gasteiger partial charge in [0.05, 0.1) is 19.3 Å². The summed E-state index contributed by atoms with van der Waals surface area (Å²) in [6.45, 7) is 5.21. The molecular weight excluding hydrogens is 500 g/mol. The molecule has 0 spiro atoms. The molecule has 6 heteroatoms. The Morgan fingerprint density at radius 3 is 2.10 bits per heavy atom. The number of rotatable bonds is 11. The summed E-state index contributed by atoms with van der Waals surface area (Å²) in [4.78, 5) is 28.1. The fourth-order valence-electron chi connectivity index (χ4n) is 5.45. The number of hydrogen-bond donors (Lipinski definition) is 2. The number of amides is 2. The highest BCUT2D eigenvalue weighted by Crippen LogP contribution is 2.38. The zero-order chi connectivity index (χ0) is 28.3. The summed E-state index contributed by atoms with van der Waals surface area (Å²) in [7, 11) is 0. The molecule has 6 nitrogen and oxygen atoms in total. The van der Waals surface area contributed by atoms with E-state index in [0.29, 0.717) is 19.7 Å². The molecule has 3 atom stereocenters. The molecule has 0 saturated heterocycles. The van der Waals surface area contributed by atoms with Crippen molar-refractivity contribution in [2.45, 2.75) is 64.6 Å². The quantitative estimate of drug-likeness (QED) is 0.286. The van der Waals surface area contributed by atoms with Crippen molar-refractivity contribution in [3.63, 3.8) is 0 Å². The number of carbonyl (C=O) groups excluding carboxylic acids is 2. The van der Waals surface area contributed by atoms with Crippen molar-refractivity contribution in [1.82, 2.24) is 10.2 Å². The lowest BCUT2D eigenvalue weighted by molar-refractivity contribution is -0.127. The van der Waals surface area contributed by atoms with Crippen LogP contribution in [0.25, 0.3) is 0 Å². The molecule has 212 valence electrons. The van der Waals surface area contributed by atoms with E-state index >= 15 is 0 Å². The van der Waals surface area contributed by atoms with Crippen LogP contribution < -0.4 is 5.32 Å². The molecule has 3 aromatic carbocycles. The van der Waals surface area contributed by atoms with Crippen LogP contribution in [0.1, 0.15) is 73.7 Å². The molecule has 3 unspecified atom stereocenters. The Bertz CT molecular complexity index is 1200. The van der Waals surface area contributed by atoms with E-state index in [1.165, 1.54) is 0 Å². The van der Waals surface area contributed by atoms with Gasteiger partial charge in [-0.1, -0.05) is 112 Å². The van der Waals surface area contributed by atoms with Gasteiger partial charge in [0.1, 0.15) is 0 Å². The van der Waals surface area contributed by atoms with Gasteiger partial charge in [0.2, 0.25) is 5.91 Å². The minimum absolute atomic E-state index is 0.00128. The first-order valence-electron chi connectivity index (χ1n) is 14.4. The standard InChI is InChI=1S/C34H42N2O4/c1-25(2)24-40-34(39)36(21-26-11-5-3-6-12-26)22-27-17-19-28(20-18-27)30-15-9-10-16-31(30)33(38)35-32(23-37)29-13-7-4-8-14-29/h3-8,11-14,17-20,25,30-32,37H,9-10,15-16,21-24H2,1-2H3,(H,35,38). The van der Waals surface area contributed by atoms with Gasteiger partial charge in [-0.05, 0) is 46.9 Å². The van der Waals surface area contributed by atoms with Crippen LogP contribution in [0, 0.1) is 11.8 Å². The molecular formula is C34H42N2O4. The Hall–Kier alpha value is -3.64. The van der Waals surface area contributed by atoms with Gasteiger partial charge < -0.3 is 15.2 Å². The topological polar surface area (TPSA) is 78.9 Å². The van der Waals surface area contributed by atoms with Crippen LogP contribution in [0.2, 0.25) is 0 Å². The molecule has 1 fully saturated rings. The van der Waals surface area contributed by atoms with E-state index in [1.807, 2.05) is 74.5 Å². The monoisotopic (exact) mass is 542 g/mol. The van der Waals surface area contributed by atoms with Crippen molar-refractivity contribution in [2.75, 3.05) is 13.2 Å². The van der Waals surface area contributed by atoms with Gasteiger partial charge in [0.25, 0.3) is 0 Å². The van der Waals surface area contributed by atoms with E-state index in [1.54, 1.807) is 4.90 Å². The van der Waals surface area contributed by atoms with Crippen LogP contribution in [-0.4, -0.2) is 35.2 Å². The van der Waals surface area contributed by atoms with Crippen molar-refractivity contribution in [3.05, 3.63) is 107 Å². The zero-order valence-electron chi connectivity index (χ0n) is 23.7. The summed E-state index contributed by atoms with van der Waals surface area (Å²) in [5.41, 5.74) is 4.11. The molecule has 1 aliphatic carbocycles. The largest absolute Gasteiger partial charge is 0.449 e. The highest BCUT2D eigenvalue weighted by atomic mass is 16.6. The van der Waals surface area contributed by atoms with Crippen LogP contribution >= 0.6 is 0 Å². The number of aliphatic hydroxyl groups is 1. The van der Waals surface area contributed by atoms with E-state index in [9.17, 15) is 14.7 Å². The highest BCUT2D eigenvalue weighted by Gasteiger charge is 2.33. The summed E-state index contributed by atoms with van der Waals surface area (Å²) in [6.07, 6.45) is 3.58. The van der Waals surface area contributed by atoms with E-state index < -0.39 is 6.04 Å². The minimum atomic E-state index is -0.412. The first-order valence-corrected chi connectivity index (χ1v) is 14.4. The average Bonchev–Trinajstić information content (AvgIpc) is 2.99. The third-order valence-electron chi connectivity index (χ3n) is 7.60. The molecule has 0 radical (unpaired) electrons. The number of nitrogens with zero attached hydrogens (tertiary/aromatic N) is 1. The molecule has 2 N–H and O–H groups in total. The number of ether oxygens (including phenoxy) is 1. The number of benzene rings is 3. The van der Waals surface area contributed by atoms with Crippen LogP contribution in [0.3, 0.4) is 0 Å². The maximum Gasteiger partial charge on any atom is 0.410 e. The Balaban J connectivity index is 1.45. The summed E-state index contributed by atoms with van der Waals surface area (Å²) in [6, 6.07) is 27.5. The second-order valence-electron chi connectivity index (χ2n) is 11.2. The number of carbonyl (C=O) groups is 2. The van der Waals surface area contributed by atoms with Gasteiger partial charge in [-0.25, -0.2) is 4.79 Å². The van der Waals surface area contributed by atoms with Crippen molar-refractivity contribution in [3.8, 4) is 0 Å². The fourth-order valence-corrected chi connectivity index (χ4v) is 5.45. The summed E-state index contributed by atoms with van der Waals surface area (Å²) in [5.74, 6) is 0.244. The smallest absolute Gasteiger partial charge is 0.410 e. The Morgan fingerprint density at radius 1 is 0.875 bits per heavy atom. The molecule has 0 aliphatic heterocycles. The second kappa shape index (κ2) is 14.7. The molecule has 2 amide bonds. The van der Waals surface area contributed by atoms with Crippen molar-refractivity contribution >= 4 is 12.0 Å². The van der Waals surface area contributed by atoms with Gasteiger partial charge in [-0.15, -0.1) is 0 Å². The maximum absolute atomic E-state index is 13.4. The first-order chi connectivity index (χ1) is 19.4. The molecule has 4 rings (SSSR count). The molecule has 0 aromatic heterocycles. The molecule has 1 saturated carbocycles. The van der Waals surface area contributed by atoms with Gasteiger partial charge in [-0.3, -0.25) is 9.69 Å². The lowest BCUT2D eigenvalue weighted by atomic mass is 9.74. The SMILES string of the molecule is CC(C)COC(=O)N(Cc1ccccc1)Cc1ccc(C2CCCCC2C(=O)NC(CO)c2ccccc2)cc1. The third kappa shape index (κ3) is 8.18. The van der Waals surface area contributed by atoms with Crippen LogP contribution in [-0.2, 0) is 22.6 Å². The second-order valence-corrected chi connectivity index (χ2v) is 11.2. The van der Waals surface area contributed by atoms with E-state index in [-0.39, 0.29) is 36.4 Å². The number of hydrogen-bond acceptors (Lipinski definition) is 4. The number of aliphatic hydroxyl groups excluding tert-OH is 1. The maximum atomic E-state index is 13.4. The molecule has 0 bridgehead atoms. The Kier molecular flexibility index (Phi) is 10.8. The molecule has 0 heterocycles. The average molecular weight is 543 g/mol. The zero-order valence-corrected chi connectivity index (χ0v) is 23.7. The van der Waals surface area contributed by atoms with Gasteiger partial charge in [-0.2, -0.15) is 0 Å². The van der Waals surface area contributed by atoms with Crippen molar-refractivity contribution < 1.29 is 19.4 Å². The predicted molar refractivity (Wildman–Crippen MR) is 157 cm³/mol. The van der Waals surface area contributed by atoms with Crippen LogP contribution in [0.5, 0.6) is 0 Å². The summed E-state index contributed by atoms with van der Waals surface area (Å²) >= 11 is 0. The Morgan fingerprint density at radius 2 is 1.48 bits per heavy atom. The highest BCUT2D eigenvalue weighted by molar-refractivity contribution is 5.80. The fraction of sp³-hybridized carbons (Fsp3) is 0.412. The van der Waals surface area contributed by atoms with E-state index in [4.69, 9.17) is 4.74 Å². The molecule has 1 aliphatic rings. The van der Waals surface area contributed by atoms with Crippen LogP contribution in [0.4, 0.5) is 4.79 Å². The van der Waals surface area contributed by atoms with E-state index in [2.05, 4.69) is 29.6 Å². The lowest BCUT2D eigenvalue weighted by Crippen LogP contribution is -2.39. The first kappa shape index (κ1) is 29.3. The van der Waals surface area contributed by atoms with E-state index in [0.717, 1.165) is 47.9 Å². The van der Waals surface area contributed by atoms with Crippen molar-refractivity contribution in [2.24, 2.45) is 11.8 Å². The lowest BCUT2D eigenvalue weighted by Gasteiger charge is -2.32. The Labute approximate surface area is 238 Å². The summed E-state index contributed by atoms with van der Waals surface area (Å²) < 4.78 is 5.57. The third-order valence-corrected chi connectivity index (χ3v) is 7.60. The van der Waals surface area contributed by atoms with Gasteiger partial charge in [0, 0.05) is 19.0 Å². The summed E-state index contributed by atoms with van der Waals surface area (Å²) in [5, 5.41) is 13.1.